The highest BCUT2D eigenvalue weighted by Gasteiger charge is 2.41. The van der Waals surface area contributed by atoms with Gasteiger partial charge in [-0.15, -0.1) is 0 Å². The molecule has 1 aromatic carbocycles. The molecule has 0 aliphatic heterocycles. The summed E-state index contributed by atoms with van der Waals surface area (Å²) in [6.45, 7) is 7.00. The summed E-state index contributed by atoms with van der Waals surface area (Å²) < 4.78 is 34.1. The third kappa shape index (κ3) is 6.00. The summed E-state index contributed by atoms with van der Waals surface area (Å²) in [5.74, 6) is 0.363. The molecule has 3 aromatic rings. The van der Waals surface area contributed by atoms with Crippen LogP contribution in [-0.4, -0.2) is 52.7 Å². The first-order chi connectivity index (χ1) is 17.5. The third-order valence-electron chi connectivity index (χ3n) is 6.14. The number of carbonyl (C=O) groups excluding carboxylic acids is 1. The van der Waals surface area contributed by atoms with Crippen LogP contribution in [0.25, 0.3) is 10.9 Å². The number of nitriles is 1. The summed E-state index contributed by atoms with van der Waals surface area (Å²) >= 11 is 0. The number of anilines is 2. The van der Waals surface area contributed by atoms with Gasteiger partial charge in [-0.05, 0) is 69.9 Å². The minimum Gasteiger partial charge on any atom is -0.465 e. The van der Waals surface area contributed by atoms with Crippen LogP contribution in [0.1, 0.15) is 40.5 Å². The normalized spacial score (nSPS) is 13.5. The molecule has 0 unspecified atom stereocenters. The lowest BCUT2D eigenvalue weighted by Gasteiger charge is -2.32. The Morgan fingerprint density at radius 1 is 1.30 bits per heavy atom. The predicted octanol–water partition coefficient (Wildman–Crippen LogP) is 3.37. The van der Waals surface area contributed by atoms with E-state index in [9.17, 15) is 18.0 Å². The molecule has 12 heteroatoms. The van der Waals surface area contributed by atoms with Crippen molar-refractivity contribution in [1.29, 1.82) is 5.26 Å². The minimum atomic E-state index is -3.96. The summed E-state index contributed by atoms with van der Waals surface area (Å²) in [6.07, 6.45) is 3.92. The van der Waals surface area contributed by atoms with E-state index in [-0.39, 0.29) is 17.1 Å². The van der Waals surface area contributed by atoms with E-state index in [4.69, 9.17) is 10.00 Å². The second-order valence-corrected chi connectivity index (χ2v) is 11.1. The number of nitrogens with one attached hydrogen (secondary N) is 2. The molecule has 1 aliphatic carbocycles. The summed E-state index contributed by atoms with van der Waals surface area (Å²) in [7, 11) is -2.61. The molecule has 0 radical (unpaired) electrons. The number of benzene rings is 1. The number of nitrogens with zero attached hydrogens (tertiary/aromatic N) is 4. The zero-order valence-electron chi connectivity index (χ0n) is 21.6. The maximum atomic E-state index is 13.1. The van der Waals surface area contributed by atoms with E-state index in [1.807, 2.05) is 10.7 Å². The Balaban J connectivity index is 0.00000121. The van der Waals surface area contributed by atoms with E-state index in [2.05, 4.69) is 15.4 Å². The summed E-state index contributed by atoms with van der Waals surface area (Å²) in [6, 6.07) is 9.67. The number of aromatic amines is 1. The van der Waals surface area contributed by atoms with E-state index in [1.165, 1.54) is 40.0 Å². The number of sulfonamides is 1. The maximum absolute atomic E-state index is 13.1. The van der Waals surface area contributed by atoms with Gasteiger partial charge in [-0.25, -0.2) is 8.42 Å². The van der Waals surface area contributed by atoms with E-state index in [0.717, 1.165) is 29.2 Å². The van der Waals surface area contributed by atoms with Gasteiger partial charge in [-0.3, -0.25) is 14.3 Å². The second-order valence-electron chi connectivity index (χ2n) is 9.17. The summed E-state index contributed by atoms with van der Waals surface area (Å²) in [4.78, 5) is 27.5. The van der Waals surface area contributed by atoms with Crippen LogP contribution in [-0.2, 0) is 26.1 Å². The molecule has 0 bridgehead atoms. The van der Waals surface area contributed by atoms with Gasteiger partial charge in [-0.1, -0.05) is 0 Å². The number of carbonyl (C=O) groups is 1. The Kier molecular flexibility index (Phi) is 8.40. The van der Waals surface area contributed by atoms with E-state index in [0.29, 0.717) is 22.8 Å². The number of pyridine rings is 1. The van der Waals surface area contributed by atoms with Crippen LogP contribution in [0.4, 0.5) is 11.5 Å². The highest BCUT2D eigenvalue weighted by molar-refractivity contribution is 7.89. The van der Waals surface area contributed by atoms with Crippen LogP contribution in [0.3, 0.4) is 0 Å². The maximum Gasteiger partial charge on any atom is 0.327 e. The first-order valence-corrected chi connectivity index (χ1v) is 13.3. The number of esters is 1. The molecule has 37 heavy (non-hydrogen) atoms. The van der Waals surface area contributed by atoms with Crippen molar-refractivity contribution >= 4 is 38.4 Å². The van der Waals surface area contributed by atoms with Gasteiger partial charge in [0.25, 0.3) is 5.56 Å². The SMILES string of the molecule is CC#N.CCOC(=O)C(C)(C)N(C)S(=O)(=O)c1ccc(Nc2nn(CC3CC3)c3cc[nH]c(=O)c23)cc1. The molecule has 1 fully saturated rings. The van der Waals surface area contributed by atoms with Gasteiger partial charge in [0.1, 0.15) is 10.9 Å². The first kappa shape index (κ1) is 27.9. The van der Waals surface area contributed by atoms with Crippen molar-refractivity contribution in [2.45, 2.75) is 57.5 Å². The highest BCUT2D eigenvalue weighted by atomic mass is 32.2. The molecule has 1 aliphatic rings. The second kappa shape index (κ2) is 11.1. The van der Waals surface area contributed by atoms with Crippen LogP contribution in [0.15, 0.2) is 46.2 Å². The molecule has 4 rings (SSSR count). The number of aromatic nitrogens is 3. The number of fused-ring (bicyclic) bond motifs is 1. The zero-order valence-corrected chi connectivity index (χ0v) is 22.4. The van der Waals surface area contributed by atoms with Crippen LogP contribution in [0.2, 0.25) is 0 Å². The highest BCUT2D eigenvalue weighted by Crippen LogP contribution is 2.33. The number of hydrogen-bond donors (Lipinski definition) is 2. The Morgan fingerprint density at radius 3 is 2.49 bits per heavy atom. The molecule has 198 valence electrons. The average Bonchev–Trinajstić information content (AvgIpc) is 3.61. The smallest absolute Gasteiger partial charge is 0.327 e. The lowest BCUT2D eigenvalue weighted by atomic mass is 10.1. The Hall–Kier alpha value is -3.69. The average molecular weight is 529 g/mol. The molecular weight excluding hydrogens is 496 g/mol. The van der Waals surface area contributed by atoms with Gasteiger partial charge in [0.15, 0.2) is 5.82 Å². The summed E-state index contributed by atoms with van der Waals surface area (Å²) in [5.41, 5.74) is -0.295. The Labute approximate surface area is 216 Å². The van der Waals surface area contributed by atoms with E-state index >= 15 is 0 Å². The molecule has 2 N–H and O–H groups in total. The van der Waals surface area contributed by atoms with Gasteiger partial charge in [0.2, 0.25) is 10.0 Å². The Morgan fingerprint density at radius 2 is 1.92 bits per heavy atom. The molecule has 0 atom stereocenters. The largest absolute Gasteiger partial charge is 0.465 e. The number of H-pyrrole nitrogens is 1. The van der Waals surface area contributed by atoms with Crippen LogP contribution in [0, 0.1) is 17.2 Å². The topological polar surface area (TPSA) is 150 Å². The lowest BCUT2D eigenvalue weighted by Crippen LogP contribution is -2.51. The van der Waals surface area contributed by atoms with E-state index in [1.54, 1.807) is 31.3 Å². The molecule has 0 saturated heterocycles. The van der Waals surface area contributed by atoms with Crippen molar-refractivity contribution in [2.24, 2.45) is 5.92 Å². The van der Waals surface area contributed by atoms with Crippen molar-refractivity contribution in [1.82, 2.24) is 19.1 Å². The van der Waals surface area contributed by atoms with Gasteiger partial charge < -0.3 is 15.0 Å². The van der Waals surface area contributed by atoms with Crippen molar-refractivity contribution in [3.05, 3.63) is 46.9 Å². The van der Waals surface area contributed by atoms with Crippen molar-refractivity contribution in [3.63, 3.8) is 0 Å². The predicted molar refractivity (Wildman–Crippen MR) is 140 cm³/mol. The standard InChI is InChI=1S/C23H29N5O5S.C2H3N/c1-5-33-22(30)23(2,3)27(4)34(31,32)17-10-8-16(9-11-17)25-20-19-18(12-13-24-21(19)29)28(26-20)14-15-6-7-15;1-2-3/h8-13,15H,5-7,14H2,1-4H3,(H,24,29)(H,25,26);1H3. The van der Waals surface area contributed by atoms with Gasteiger partial charge in [0, 0.05) is 32.4 Å². The van der Waals surface area contributed by atoms with Gasteiger partial charge in [-0.2, -0.15) is 14.7 Å². The van der Waals surface area contributed by atoms with Gasteiger partial charge in [0.05, 0.1) is 23.1 Å². The van der Waals surface area contributed by atoms with Crippen molar-refractivity contribution in [3.8, 4) is 6.07 Å². The quantitative estimate of drug-likeness (QED) is 0.401. The Bertz CT molecular complexity index is 1460. The number of hydrogen-bond acceptors (Lipinski definition) is 8. The minimum absolute atomic E-state index is 0.0277. The number of ether oxygens (including phenoxy) is 1. The molecular formula is C25H32N6O5S. The molecule has 0 spiro atoms. The third-order valence-corrected chi connectivity index (χ3v) is 8.19. The van der Waals surface area contributed by atoms with Crippen LogP contribution < -0.4 is 10.9 Å². The first-order valence-electron chi connectivity index (χ1n) is 11.9. The molecule has 0 amide bonds. The molecule has 1 saturated carbocycles. The number of rotatable bonds is 9. The van der Waals surface area contributed by atoms with Gasteiger partial charge >= 0.3 is 5.97 Å². The number of likely N-dealkylation sites (N-methyl/N-ethyl adjacent to an activating group) is 1. The van der Waals surface area contributed by atoms with Crippen LogP contribution >= 0.6 is 0 Å². The molecule has 2 heterocycles. The summed E-state index contributed by atoms with van der Waals surface area (Å²) in [5, 5.41) is 15.5. The van der Waals surface area contributed by atoms with Crippen molar-refractivity contribution < 1.29 is 17.9 Å². The zero-order chi connectivity index (χ0) is 27.4. The lowest BCUT2D eigenvalue weighted by molar-refractivity contribution is -0.152. The molecule has 11 nitrogen and oxygen atoms in total. The monoisotopic (exact) mass is 528 g/mol. The van der Waals surface area contributed by atoms with E-state index < -0.39 is 21.5 Å². The fraction of sp³-hybridized carbons (Fsp3) is 0.440. The molecule has 2 aromatic heterocycles. The van der Waals surface area contributed by atoms with Crippen molar-refractivity contribution in [2.75, 3.05) is 19.0 Å². The van der Waals surface area contributed by atoms with Crippen LogP contribution in [0.5, 0.6) is 0 Å². The fourth-order valence-corrected chi connectivity index (χ4v) is 5.12. The fourth-order valence-electron chi connectivity index (χ4n) is 3.65.